The Morgan fingerprint density at radius 1 is 1.20 bits per heavy atom. The number of carbonyl (C=O) groups is 2. The zero-order chi connectivity index (χ0) is 23.7. The number of nitrogens with one attached hydrogen (secondary N) is 2. The van der Waals surface area contributed by atoms with Crippen molar-refractivity contribution in [2.75, 3.05) is 25.5 Å². The molecule has 6 heteroatoms. The fourth-order valence-electron chi connectivity index (χ4n) is 2.93. The van der Waals surface area contributed by atoms with Crippen LogP contribution >= 0.6 is 11.3 Å². The third-order valence-corrected chi connectivity index (χ3v) is 6.18. The Labute approximate surface area is 189 Å². The van der Waals surface area contributed by atoms with Crippen molar-refractivity contribution < 1.29 is 14.7 Å². The molecular formula is C24H46N2O3S. The zero-order valence-electron chi connectivity index (χ0n) is 20.8. The number of carboxylic acids is 1. The lowest BCUT2D eigenvalue weighted by Gasteiger charge is -2.33. The molecule has 1 unspecified atom stereocenters. The summed E-state index contributed by atoms with van der Waals surface area (Å²) >= 11 is 1.62. The summed E-state index contributed by atoms with van der Waals surface area (Å²) in [5.74, 6) is -0.152. The quantitative estimate of drug-likeness (QED) is 0.357. The number of thiophene rings is 1. The average molecular weight is 443 g/mol. The molecule has 1 aromatic heterocycles. The van der Waals surface area contributed by atoms with Crippen LogP contribution in [0.15, 0.2) is 0 Å². The number of hydrogen-bond donors (Lipinski definition) is 3. The molecule has 1 atom stereocenters. The fourth-order valence-corrected chi connectivity index (χ4v) is 4.20. The van der Waals surface area contributed by atoms with Gasteiger partial charge in [-0.1, -0.05) is 68.2 Å². The molecule has 0 spiro atoms. The van der Waals surface area contributed by atoms with Crippen molar-refractivity contribution in [2.24, 2.45) is 11.3 Å². The first-order chi connectivity index (χ1) is 14.2. The lowest BCUT2D eigenvalue weighted by molar-refractivity contribution is -0.107. The van der Waals surface area contributed by atoms with Crippen molar-refractivity contribution in [1.82, 2.24) is 5.32 Å². The van der Waals surface area contributed by atoms with Crippen molar-refractivity contribution in [3.63, 3.8) is 0 Å². The van der Waals surface area contributed by atoms with Gasteiger partial charge < -0.3 is 20.5 Å². The van der Waals surface area contributed by atoms with Crippen LogP contribution in [0.4, 0.5) is 5.00 Å². The molecular weight excluding hydrogens is 396 g/mol. The summed E-state index contributed by atoms with van der Waals surface area (Å²) in [5.41, 5.74) is 1.87. The predicted molar refractivity (Wildman–Crippen MR) is 132 cm³/mol. The molecule has 176 valence electrons. The summed E-state index contributed by atoms with van der Waals surface area (Å²) in [6, 6.07) is 0. The van der Waals surface area contributed by atoms with Gasteiger partial charge in [-0.05, 0) is 42.7 Å². The molecule has 1 heterocycles. The maximum atomic E-state index is 11.4. The van der Waals surface area contributed by atoms with Crippen LogP contribution in [0, 0.1) is 11.3 Å². The molecule has 1 aromatic rings. The number of hydrogen-bond acceptors (Lipinski definition) is 5. The SMILES string of the molecule is CC.CCCC.CCNCC=O.CNc1sc2c(c1C(=O)O)CCC(C(C)(C)C)C2. The molecule has 30 heavy (non-hydrogen) atoms. The molecule has 5 nitrogen and oxygen atoms in total. The molecule has 1 aliphatic rings. The van der Waals surface area contributed by atoms with Crippen LogP contribution in [0.3, 0.4) is 0 Å². The number of aromatic carboxylic acids is 1. The first-order valence-electron chi connectivity index (χ1n) is 11.4. The van der Waals surface area contributed by atoms with Gasteiger partial charge in [-0.25, -0.2) is 4.79 Å². The van der Waals surface area contributed by atoms with Gasteiger partial charge in [0, 0.05) is 11.9 Å². The number of anilines is 1. The number of carboxylic acid groups (broad SMARTS) is 1. The molecule has 2 rings (SSSR count). The van der Waals surface area contributed by atoms with Crippen molar-refractivity contribution in [3.8, 4) is 0 Å². The molecule has 0 saturated heterocycles. The van der Waals surface area contributed by atoms with E-state index in [2.05, 4.69) is 45.3 Å². The highest BCUT2D eigenvalue weighted by molar-refractivity contribution is 7.16. The summed E-state index contributed by atoms with van der Waals surface area (Å²) < 4.78 is 0. The van der Waals surface area contributed by atoms with Crippen LogP contribution in [0.2, 0.25) is 0 Å². The van der Waals surface area contributed by atoms with Crippen molar-refractivity contribution in [2.45, 2.75) is 87.5 Å². The molecule has 3 N–H and O–H groups in total. The van der Waals surface area contributed by atoms with Gasteiger partial charge in [0.25, 0.3) is 0 Å². The van der Waals surface area contributed by atoms with E-state index in [0.717, 1.165) is 42.7 Å². The second-order valence-corrected chi connectivity index (χ2v) is 9.15. The molecule has 0 aromatic carbocycles. The highest BCUT2D eigenvalue weighted by Crippen LogP contribution is 2.44. The van der Waals surface area contributed by atoms with Crippen molar-refractivity contribution in [1.29, 1.82) is 0 Å². The fraction of sp³-hybridized carbons (Fsp3) is 0.750. The van der Waals surface area contributed by atoms with Gasteiger partial charge in [0.1, 0.15) is 11.3 Å². The summed E-state index contributed by atoms with van der Waals surface area (Å²) in [4.78, 5) is 22.1. The molecule has 0 aliphatic heterocycles. The average Bonchev–Trinajstić information content (AvgIpc) is 3.12. The van der Waals surface area contributed by atoms with Gasteiger partial charge in [-0.3, -0.25) is 0 Å². The van der Waals surface area contributed by atoms with E-state index in [9.17, 15) is 14.7 Å². The largest absolute Gasteiger partial charge is 0.478 e. The monoisotopic (exact) mass is 442 g/mol. The second-order valence-electron chi connectivity index (χ2n) is 8.04. The topological polar surface area (TPSA) is 78.4 Å². The number of carbonyl (C=O) groups excluding carboxylic acids is 1. The number of rotatable bonds is 6. The maximum absolute atomic E-state index is 11.4. The molecule has 1 aliphatic carbocycles. The van der Waals surface area contributed by atoms with Gasteiger partial charge in [0.15, 0.2) is 0 Å². The van der Waals surface area contributed by atoms with Crippen LogP contribution in [0.1, 0.15) is 95.5 Å². The summed E-state index contributed by atoms with van der Waals surface area (Å²) in [7, 11) is 1.80. The smallest absolute Gasteiger partial charge is 0.338 e. The Hall–Kier alpha value is -1.40. The van der Waals surface area contributed by atoms with E-state index in [1.807, 2.05) is 20.8 Å². The second kappa shape index (κ2) is 17.3. The minimum atomic E-state index is -0.800. The minimum absolute atomic E-state index is 0.297. The van der Waals surface area contributed by atoms with Crippen molar-refractivity contribution >= 4 is 28.6 Å². The Morgan fingerprint density at radius 3 is 2.10 bits per heavy atom. The third kappa shape index (κ3) is 11.1. The van der Waals surface area contributed by atoms with Crippen LogP contribution in [-0.2, 0) is 17.6 Å². The zero-order valence-corrected chi connectivity index (χ0v) is 21.6. The Morgan fingerprint density at radius 2 is 1.77 bits per heavy atom. The first-order valence-corrected chi connectivity index (χ1v) is 12.2. The number of aldehydes is 1. The number of likely N-dealkylation sites (N-methyl/N-ethyl adjacent to an activating group) is 1. The van der Waals surface area contributed by atoms with E-state index >= 15 is 0 Å². The molecule has 0 radical (unpaired) electrons. The van der Waals surface area contributed by atoms with Crippen LogP contribution in [0.25, 0.3) is 0 Å². The standard InChI is InChI=1S/C14H21NO2S.C4H9NO.C4H10.C2H6/c1-14(2,3)8-5-6-9-10(7-8)18-12(15-4)11(9)13(16)17;1-2-5-3-4-6;1-3-4-2;1-2/h8,15H,5-7H2,1-4H3,(H,16,17);4-5H,2-3H2,1H3;3-4H2,1-2H3;1-2H3. The van der Waals surface area contributed by atoms with Gasteiger partial charge in [-0.15, -0.1) is 11.3 Å². The van der Waals surface area contributed by atoms with E-state index in [0.29, 0.717) is 23.4 Å². The van der Waals surface area contributed by atoms with E-state index in [1.165, 1.54) is 17.7 Å². The van der Waals surface area contributed by atoms with Crippen LogP contribution < -0.4 is 10.6 Å². The summed E-state index contributed by atoms with van der Waals surface area (Å²) in [5, 5.41) is 16.0. The minimum Gasteiger partial charge on any atom is -0.478 e. The van der Waals surface area contributed by atoms with E-state index in [1.54, 1.807) is 18.4 Å². The summed E-state index contributed by atoms with van der Waals surface area (Å²) in [6.45, 7) is 18.5. The van der Waals surface area contributed by atoms with Gasteiger partial charge in [0.2, 0.25) is 0 Å². The van der Waals surface area contributed by atoms with E-state index in [4.69, 9.17) is 0 Å². The van der Waals surface area contributed by atoms with Crippen LogP contribution in [0.5, 0.6) is 0 Å². The first kappa shape index (κ1) is 30.8. The molecule has 0 fully saturated rings. The molecule has 0 saturated carbocycles. The van der Waals surface area contributed by atoms with Gasteiger partial charge >= 0.3 is 5.97 Å². The van der Waals surface area contributed by atoms with Gasteiger partial charge in [-0.2, -0.15) is 0 Å². The summed E-state index contributed by atoms with van der Waals surface area (Å²) in [6.07, 6.45) is 6.50. The van der Waals surface area contributed by atoms with Gasteiger partial charge in [0.05, 0.1) is 12.1 Å². The van der Waals surface area contributed by atoms with Crippen LogP contribution in [-0.4, -0.2) is 37.5 Å². The highest BCUT2D eigenvalue weighted by atomic mass is 32.1. The lowest BCUT2D eigenvalue weighted by Crippen LogP contribution is -2.26. The van der Waals surface area contributed by atoms with E-state index in [-0.39, 0.29) is 0 Å². The predicted octanol–water partition coefficient (Wildman–Crippen LogP) is 6.27. The van der Waals surface area contributed by atoms with Crippen molar-refractivity contribution in [3.05, 3.63) is 16.0 Å². The van der Waals surface area contributed by atoms with E-state index < -0.39 is 5.97 Å². The molecule has 0 bridgehead atoms. The number of fused-ring (bicyclic) bond motifs is 1. The normalized spacial score (nSPS) is 14.5. The number of unbranched alkanes of at least 4 members (excludes halogenated alkanes) is 1. The Kier molecular flexibility index (Phi) is 17.8. The Balaban J connectivity index is 0. The highest BCUT2D eigenvalue weighted by Gasteiger charge is 2.33. The third-order valence-electron chi connectivity index (χ3n) is 4.91. The Bertz CT molecular complexity index is 590. The lowest BCUT2D eigenvalue weighted by atomic mass is 9.72. The molecule has 0 amide bonds. The maximum Gasteiger partial charge on any atom is 0.338 e.